The molecular weight excluding hydrogens is 482 g/mol. The van der Waals surface area contributed by atoms with Crippen molar-refractivity contribution in [2.75, 3.05) is 6.61 Å². The molecular formula is C27H20BrNO4. The SMILES string of the molecule is Cc1cc(OCC(=O)c2ccc(Br)cc2)cc2c1C(=O)/C(=C/c1cn(C)c3ccccc13)O2. The van der Waals surface area contributed by atoms with E-state index in [0.29, 0.717) is 22.6 Å². The quantitative estimate of drug-likeness (QED) is 0.244. The van der Waals surface area contributed by atoms with Crippen LogP contribution in [0.5, 0.6) is 11.5 Å². The zero-order valence-corrected chi connectivity index (χ0v) is 19.7. The molecule has 164 valence electrons. The third-order valence-corrected chi connectivity index (χ3v) is 6.22. The average Bonchev–Trinajstić information content (AvgIpc) is 3.29. The van der Waals surface area contributed by atoms with Crippen molar-refractivity contribution in [1.29, 1.82) is 0 Å². The standard InChI is InChI=1S/C27H20BrNO4/c1-16-11-20(32-15-23(30)17-7-9-19(28)10-8-17)13-24-26(16)27(31)25(33-24)12-18-14-29(2)22-6-4-3-5-21(18)22/h3-14H,15H2,1-2H3/b25-12-. The first kappa shape index (κ1) is 21.2. The van der Waals surface area contributed by atoms with E-state index >= 15 is 0 Å². The summed E-state index contributed by atoms with van der Waals surface area (Å²) < 4.78 is 14.6. The summed E-state index contributed by atoms with van der Waals surface area (Å²) in [6, 6.07) is 18.6. The maximum atomic E-state index is 13.1. The zero-order chi connectivity index (χ0) is 23.1. The first-order valence-electron chi connectivity index (χ1n) is 10.5. The molecule has 1 aromatic heterocycles. The highest BCUT2D eigenvalue weighted by atomic mass is 79.9. The molecule has 0 amide bonds. The van der Waals surface area contributed by atoms with Crippen LogP contribution in [-0.4, -0.2) is 22.7 Å². The second kappa shape index (κ2) is 8.37. The normalized spacial score (nSPS) is 13.9. The van der Waals surface area contributed by atoms with Crippen molar-refractivity contribution < 1.29 is 19.1 Å². The molecule has 6 heteroatoms. The lowest BCUT2D eigenvalue weighted by Gasteiger charge is -2.09. The summed E-state index contributed by atoms with van der Waals surface area (Å²) in [7, 11) is 1.97. The Morgan fingerprint density at radius 3 is 2.67 bits per heavy atom. The summed E-state index contributed by atoms with van der Waals surface area (Å²) in [4.78, 5) is 25.5. The molecule has 0 N–H and O–H groups in total. The molecule has 3 aromatic carbocycles. The number of rotatable bonds is 5. The van der Waals surface area contributed by atoms with Crippen molar-refractivity contribution in [3.8, 4) is 11.5 Å². The molecule has 0 spiro atoms. The number of benzene rings is 3. The maximum Gasteiger partial charge on any atom is 0.232 e. The Morgan fingerprint density at radius 2 is 1.88 bits per heavy atom. The minimum Gasteiger partial charge on any atom is -0.485 e. The van der Waals surface area contributed by atoms with Crippen LogP contribution in [0.15, 0.2) is 77.1 Å². The van der Waals surface area contributed by atoms with Crippen molar-refractivity contribution in [2.45, 2.75) is 6.92 Å². The zero-order valence-electron chi connectivity index (χ0n) is 18.1. The summed E-state index contributed by atoms with van der Waals surface area (Å²) in [6.45, 7) is 1.73. The molecule has 0 saturated heterocycles. The minimum absolute atomic E-state index is 0.105. The van der Waals surface area contributed by atoms with Crippen LogP contribution in [0.2, 0.25) is 0 Å². The molecule has 0 unspecified atom stereocenters. The van der Waals surface area contributed by atoms with E-state index in [1.54, 1.807) is 30.3 Å². The lowest BCUT2D eigenvalue weighted by molar-refractivity contribution is 0.0920. The average molecular weight is 502 g/mol. The Labute approximate surface area is 199 Å². The number of ketones is 2. The number of fused-ring (bicyclic) bond motifs is 2. The lowest BCUT2D eigenvalue weighted by Crippen LogP contribution is -2.11. The van der Waals surface area contributed by atoms with Crippen molar-refractivity contribution in [3.05, 3.63) is 99.3 Å². The number of nitrogens with zero attached hydrogens (tertiary/aromatic N) is 1. The number of hydrogen-bond acceptors (Lipinski definition) is 4. The van der Waals surface area contributed by atoms with Gasteiger partial charge in [0.2, 0.25) is 5.78 Å². The van der Waals surface area contributed by atoms with E-state index in [-0.39, 0.29) is 23.9 Å². The van der Waals surface area contributed by atoms with Crippen LogP contribution in [0.3, 0.4) is 0 Å². The van der Waals surface area contributed by atoms with E-state index in [2.05, 4.69) is 15.9 Å². The van der Waals surface area contributed by atoms with Gasteiger partial charge in [-0.25, -0.2) is 0 Å². The number of aromatic nitrogens is 1. The van der Waals surface area contributed by atoms with Gasteiger partial charge in [-0.3, -0.25) is 9.59 Å². The molecule has 4 aromatic rings. The predicted octanol–water partition coefficient (Wildman–Crippen LogP) is 6.13. The largest absolute Gasteiger partial charge is 0.485 e. The molecule has 0 aliphatic carbocycles. The molecule has 0 radical (unpaired) electrons. The van der Waals surface area contributed by atoms with Crippen molar-refractivity contribution >= 4 is 44.5 Å². The molecule has 1 aliphatic heterocycles. The van der Waals surface area contributed by atoms with Gasteiger partial charge in [-0.15, -0.1) is 0 Å². The molecule has 5 nitrogen and oxygen atoms in total. The molecule has 33 heavy (non-hydrogen) atoms. The third kappa shape index (κ3) is 3.98. The minimum atomic E-state index is -0.159. The van der Waals surface area contributed by atoms with Gasteiger partial charge in [0.15, 0.2) is 18.1 Å². The summed E-state index contributed by atoms with van der Waals surface area (Å²) in [6.07, 6.45) is 3.76. The van der Waals surface area contributed by atoms with E-state index < -0.39 is 0 Å². The van der Waals surface area contributed by atoms with Gasteiger partial charge in [0, 0.05) is 45.8 Å². The molecule has 0 atom stereocenters. The number of allylic oxidation sites excluding steroid dienone is 1. The fraction of sp³-hybridized carbons (Fsp3) is 0.111. The summed E-state index contributed by atoms with van der Waals surface area (Å²) in [5, 5.41) is 1.05. The highest BCUT2D eigenvalue weighted by Gasteiger charge is 2.30. The lowest BCUT2D eigenvalue weighted by atomic mass is 10.0. The van der Waals surface area contributed by atoms with Crippen LogP contribution in [0.1, 0.15) is 31.8 Å². The van der Waals surface area contributed by atoms with Crippen LogP contribution in [0.25, 0.3) is 17.0 Å². The van der Waals surface area contributed by atoms with Crippen molar-refractivity contribution in [2.24, 2.45) is 7.05 Å². The van der Waals surface area contributed by atoms with Crippen LogP contribution in [-0.2, 0) is 7.05 Å². The number of ether oxygens (including phenoxy) is 2. The van der Waals surface area contributed by atoms with Gasteiger partial charge in [0.1, 0.15) is 11.5 Å². The van der Waals surface area contributed by atoms with Gasteiger partial charge in [0.25, 0.3) is 0 Å². The van der Waals surface area contributed by atoms with Crippen LogP contribution >= 0.6 is 15.9 Å². The fourth-order valence-corrected chi connectivity index (χ4v) is 4.32. The maximum absolute atomic E-state index is 13.1. The first-order valence-corrected chi connectivity index (χ1v) is 11.2. The van der Waals surface area contributed by atoms with Crippen LogP contribution in [0, 0.1) is 6.92 Å². The van der Waals surface area contributed by atoms with Crippen LogP contribution in [0.4, 0.5) is 0 Å². The van der Waals surface area contributed by atoms with Crippen LogP contribution < -0.4 is 9.47 Å². The van der Waals surface area contributed by atoms with Crippen molar-refractivity contribution in [1.82, 2.24) is 4.57 Å². The number of Topliss-reactive ketones (excluding diaryl/α,β-unsaturated/α-hetero) is 2. The Morgan fingerprint density at radius 1 is 1.12 bits per heavy atom. The fourth-order valence-electron chi connectivity index (χ4n) is 4.06. The molecule has 1 aliphatic rings. The smallest absolute Gasteiger partial charge is 0.232 e. The van der Waals surface area contributed by atoms with Gasteiger partial charge in [0.05, 0.1) is 5.56 Å². The van der Waals surface area contributed by atoms with E-state index in [1.807, 2.05) is 61.1 Å². The number of para-hydroxylation sites is 1. The third-order valence-electron chi connectivity index (χ3n) is 5.69. The molecule has 0 saturated carbocycles. The van der Waals surface area contributed by atoms with E-state index in [9.17, 15) is 9.59 Å². The Bertz CT molecular complexity index is 1450. The molecule has 2 heterocycles. The van der Waals surface area contributed by atoms with Crippen molar-refractivity contribution in [3.63, 3.8) is 0 Å². The Hall–Kier alpha value is -3.64. The Kier molecular flexibility index (Phi) is 5.38. The second-order valence-corrected chi connectivity index (χ2v) is 8.90. The summed E-state index contributed by atoms with van der Waals surface area (Å²) in [5.41, 5.74) is 3.83. The van der Waals surface area contributed by atoms with E-state index in [4.69, 9.17) is 9.47 Å². The topological polar surface area (TPSA) is 57.5 Å². The summed E-state index contributed by atoms with van der Waals surface area (Å²) >= 11 is 3.36. The van der Waals surface area contributed by atoms with E-state index in [0.717, 1.165) is 26.5 Å². The number of halogens is 1. The van der Waals surface area contributed by atoms with Gasteiger partial charge in [-0.1, -0.05) is 46.3 Å². The van der Waals surface area contributed by atoms with Gasteiger partial charge >= 0.3 is 0 Å². The van der Waals surface area contributed by atoms with Gasteiger partial charge in [-0.05, 0) is 42.8 Å². The molecule has 0 fully saturated rings. The van der Waals surface area contributed by atoms with Gasteiger partial charge in [-0.2, -0.15) is 0 Å². The highest BCUT2D eigenvalue weighted by Crippen LogP contribution is 2.38. The second-order valence-electron chi connectivity index (χ2n) is 7.98. The van der Waals surface area contributed by atoms with Gasteiger partial charge < -0.3 is 14.0 Å². The number of aryl methyl sites for hydroxylation is 2. The summed E-state index contributed by atoms with van der Waals surface area (Å²) in [5.74, 6) is 0.906. The highest BCUT2D eigenvalue weighted by molar-refractivity contribution is 9.10. The molecule has 0 bridgehead atoms. The van der Waals surface area contributed by atoms with E-state index in [1.165, 1.54) is 0 Å². The monoisotopic (exact) mass is 501 g/mol. The number of hydrogen-bond donors (Lipinski definition) is 0. The number of carbonyl (C=O) groups is 2. The number of carbonyl (C=O) groups excluding carboxylic acids is 2. The first-order chi connectivity index (χ1) is 15.9. The molecule has 5 rings (SSSR count). The predicted molar refractivity (Wildman–Crippen MR) is 131 cm³/mol. The Balaban J connectivity index is 1.38.